The molecule has 1 aromatic carbocycles. The molecule has 0 saturated carbocycles. The van der Waals surface area contributed by atoms with Crippen molar-refractivity contribution in [3.63, 3.8) is 0 Å². The monoisotopic (exact) mass is 339 g/mol. The highest BCUT2D eigenvalue weighted by Crippen LogP contribution is 2.27. The first-order chi connectivity index (χ1) is 11.4. The van der Waals surface area contributed by atoms with Crippen molar-refractivity contribution in [1.29, 1.82) is 0 Å². The van der Waals surface area contributed by atoms with Gasteiger partial charge in [0.25, 0.3) is 0 Å². The number of hydrogen-bond acceptors (Lipinski definition) is 5. The van der Waals surface area contributed by atoms with Gasteiger partial charge in [-0.3, -0.25) is 4.90 Å². The average molecular weight is 339 g/mol. The number of tetrazole rings is 1. The van der Waals surface area contributed by atoms with Crippen molar-refractivity contribution in [1.82, 2.24) is 25.1 Å². The van der Waals surface area contributed by atoms with Gasteiger partial charge in [-0.15, -0.1) is 10.2 Å². The van der Waals surface area contributed by atoms with E-state index in [1.54, 1.807) is 0 Å². The lowest BCUT2D eigenvalue weighted by Gasteiger charge is -2.16. The van der Waals surface area contributed by atoms with Crippen LogP contribution in [0.1, 0.15) is 12.5 Å². The third-order valence-electron chi connectivity index (χ3n) is 3.74. The fourth-order valence-corrected chi connectivity index (χ4v) is 2.59. The Balaban J connectivity index is 1.86. The van der Waals surface area contributed by atoms with Gasteiger partial charge in [0.1, 0.15) is 17.7 Å². The molecule has 24 heavy (non-hydrogen) atoms. The smallest absolute Gasteiger partial charge is 0.408 e. The van der Waals surface area contributed by atoms with Crippen LogP contribution < -0.4 is 0 Å². The van der Waals surface area contributed by atoms with Crippen LogP contribution in [0.15, 0.2) is 18.2 Å². The van der Waals surface area contributed by atoms with E-state index in [0.29, 0.717) is 6.07 Å². The molecule has 1 saturated heterocycles. The molecule has 2 heterocycles. The Morgan fingerprint density at radius 3 is 2.58 bits per heavy atom. The number of rotatable bonds is 3. The van der Waals surface area contributed by atoms with Crippen LogP contribution in [-0.4, -0.2) is 60.0 Å². The van der Waals surface area contributed by atoms with E-state index in [1.165, 1.54) is 0 Å². The number of benzene rings is 1. The van der Waals surface area contributed by atoms with Gasteiger partial charge in [-0.05, 0) is 17.3 Å². The predicted octanol–water partition coefficient (Wildman–Crippen LogP) is 0.996. The van der Waals surface area contributed by atoms with Crippen molar-refractivity contribution in [3.05, 3.63) is 29.8 Å². The standard InChI is InChI=1S/C13H11F2N5O4/c14-6-1-2-8(9(15)3-6)11-16-18-20(17-11)7-4-10(12(21)22)19(5-7)13(23)24/h1-3,7,10H,4-5H2,(H,21,22)(H,23,24)/t7-,10-/m0/s1. The highest BCUT2D eigenvalue weighted by atomic mass is 19.1. The zero-order valence-corrected chi connectivity index (χ0v) is 12.0. The van der Waals surface area contributed by atoms with Gasteiger partial charge in [-0.2, -0.15) is 4.80 Å². The summed E-state index contributed by atoms with van der Waals surface area (Å²) in [6.07, 6.45) is -1.40. The van der Waals surface area contributed by atoms with E-state index in [2.05, 4.69) is 15.4 Å². The Hall–Kier alpha value is -3.11. The summed E-state index contributed by atoms with van der Waals surface area (Å²) in [7, 11) is 0. The maximum atomic E-state index is 13.7. The highest BCUT2D eigenvalue weighted by Gasteiger charge is 2.41. The molecule has 1 amide bonds. The van der Waals surface area contributed by atoms with Crippen molar-refractivity contribution in [3.8, 4) is 11.4 Å². The number of halogens is 2. The Morgan fingerprint density at radius 1 is 1.25 bits per heavy atom. The van der Waals surface area contributed by atoms with Gasteiger partial charge >= 0.3 is 12.1 Å². The molecule has 1 fully saturated rings. The number of nitrogens with zero attached hydrogens (tertiary/aromatic N) is 5. The predicted molar refractivity (Wildman–Crippen MR) is 73.0 cm³/mol. The van der Waals surface area contributed by atoms with Gasteiger partial charge in [0.05, 0.1) is 11.6 Å². The van der Waals surface area contributed by atoms with Crippen LogP contribution >= 0.6 is 0 Å². The fourth-order valence-electron chi connectivity index (χ4n) is 2.59. The zero-order valence-electron chi connectivity index (χ0n) is 12.0. The molecular formula is C13H11F2N5O4. The number of carbonyl (C=O) groups is 2. The first kappa shape index (κ1) is 15.8. The van der Waals surface area contributed by atoms with E-state index >= 15 is 0 Å². The molecule has 2 N–H and O–H groups in total. The second-order valence-corrected chi connectivity index (χ2v) is 5.24. The summed E-state index contributed by atoms with van der Waals surface area (Å²) >= 11 is 0. The Labute approximate surface area is 133 Å². The summed E-state index contributed by atoms with van der Waals surface area (Å²) < 4.78 is 26.7. The number of likely N-dealkylation sites (tertiary alicyclic amines) is 1. The molecule has 1 aliphatic heterocycles. The number of carboxylic acid groups (broad SMARTS) is 2. The Bertz CT molecular complexity index is 789. The first-order valence-electron chi connectivity index (χ1n) is 6.84. The van der Waals surface area contributed by atoms with Crippen molar-refractivity contribution in [2.24, 2.45) is 0 Å². The Kier molecular flexibility index (Phi) is 3.83. The van der Waals surface area contributed by atoms with Crippen LogP contribution in [0.5, 0.6) is 0 Å². The fraction of sp³-hybridized carbons (Fsp3) is 0.308. The number of hydrogen-bond donors (Lipinski definition) is 2. The molecule has 2 atom stereocenters. The molecule has 9 nitrogen and oxygen atoms in total. The van der Waals surface area contributed by atoms with Gasteiger partial charge in [-0.25, -0.2) is 18.4 Å². The summed E-state index contributed by atoms with van der Waals surface area (Å²) in [5, 5.41) is 29.5. The summed E-state index contributed by atoms with van der Waals surface area (Å²) in [6.45, 7) is -0.131. The zero-order chi connectivity index (χ0) is 17.4. The number of carboxylic acids is 1. The van der Waals surface area contributed by atoms with Crippen LogP contribution in [0.2, 0.25) is 0 Å². The third-order valence-corrected chi connectivity index (χ3v) is 3.74. The molecular weight excluding hydrogens is 328 g/mol. The van der Waals surface area contributed by atoms with Crippen molar-refractivity contribution >= 4 is 12.1 Å². The lowest BCUT2D eigenvalue weighted by atomic mass is 10.2. The lowest BCUT2D eigenvalue weighted by molar-refractivity contribution is -0.141. The molecule has 3 rings (SSSR count). The van der Waals surface area contributed by atoms with Crippen molar-refractivity contribution in [2.45, 2.75) is 18.5 Å². The Morgan fingerprint density at radius 2 is 2.00 bits per heavy atom. The second-order valence-electron chi connectivity index (χ2n) is 5.24. The minimum absolute atomic E-state index is 0.0384. The summed E-state index contributed by atoms with van der Waals surface area (Å²) in [4.78, 5) is 24.1. The molecule has 0 aliphatic carbocycles. The lowest BCUT2D eigenvalue weighted by Crippen LogP contribution is -2.39. The van der Waals surface area contributed by atoms with Gasteiger partial charge in [0.2, 0.25) is 5.82 Å². The normalized spacial score (nSPS) is 20.3. The van der Waals surface area contributed by atoms with Gasteiger partial charge in [0.15, 0.2) is 0 Å². The molecule has 0 spiro atoms. The van der Waals surface area contributed by atoms with Crippen LogP contribution in [-0.2, 0) is 4.79 Å². The second kappa shape index (κ2) is 5.83. The molecule has 0 radical (unpaired) electrons. The quantitative estimate of drug-likeness (QED) is 0.855. The largest absolute Gasteiger partial charge is 0.480 e. The van der Waals surface area contributed by atoms with E-state index in [4.69, 9.17) is 10.2 Å². The highest BCUT2D eigenvalue weighted by molar-refractivity contribution is 5.80. The first-order valence-corrected chi connectivity index (χ1v) is 6.84. The minimum atomic E-state index is -1.37. The SMILES string of the molecule is O=C(O)[C@@H]1C[C@H](n2nnc(-c3ccc(F)cc3F)n2)CN1C(=O)O. The molecule has 0 unspecified atom stereocenters. The summed E-state index contributed by atoms with van der Waals surface area (Å²) in [6, 6.07) is 1.01. The van der Waals surface area contributed by atoms with E-state index in [9.17, 15) is 18.4 Å². The molecule has 126 valence electrons. The van der Waals surface area contributed by atoms with Crippen LogP contribution in [0.3, 0.4) is 0 Å². The average Bonchev–Trinajstić information content (AvgIpc) is 3.13. The van der Waals surface area contributed by atoms with Crippen LogP contribution in [0, 0.1) is 11.6 Å². The van der Waals surface area contributed by atoms with E-state index < -0.39 is 35.8 Å². The van der Waals surface area contributed by atoms with Crippen molar-refractivity contribution in [2.75, 3.05) is 6.54 Å². The number of aromatic nitrogens is 4. The molecule has 2 aromatic rings. The number of aliphatic carboxylic acids is 1. The number of amides is 1. The molecule has 1 aliphatic rings. The summed E-state index contributed by atoms with van der Waals surface area (Å²) in [5.41, 5.74) is -0.0643. The topological polar surface area (TPSA) is 121 Å². The molecule has 0 bridgehead atoms. The van der Waals surface area contributed by atoms with Gasteiger partial charge in [-0.1, -0.05) is 0 Å². The maximum Gasteiger partial charge on any atom is 0.408 e. The van der Waals surface area contributed by atoms with Crippen LogP contribution in [0.4, 0.5) is 13.6 Å². The molecule has 11 heteroatoms. The van der Waals surface area contributed by atoms with E-state index in [-0.39, 0.29) is 24.4 Å². The third kappa shape index (κ3) is 2.75. The van der Waals surface area contributed by atoms with E-state index in [0.717, 1.165) is 21.8 Å². The van der Waals surface area contributed by atoms with Gasteiger partial charge < -0.3 is 10.2 Å². The molecule has 1 aromatic heterocycles. The maximum absolute atomic E-state index is 13.7. The minimum Gasteiger partial charge on any atom is -0.480 e. The van der Waals surface area contributed by atoms with Crippen LogP contribution in [0.25, 0.3) is 11.4 Å². The van der Waals surface area contributed by atoms with Gasteiger partial charge in [0, 0.05) is 19.0 Å². The van der Waals surface area contributed by atoms with Crippen molar-refractivity contribution < 1.29 is 28.6 Å². The summed E-state index contributed by atoms with van der Waals surface area (Å²) in [5.74, 6) is -2.99. The van der Waals surface area contributed by atoms with E-state index in [1.807, 2.05) is 0 Å².